The minimum Gasteiger partial charge on any atom is -0.779 e. The van der Waals surface area contributed by atoms with Crippen LogP contribution in [0.3, 0.4) is 0 Å². The number of benzene rings is 1. The van der Waals surface area contributed by atoms with E-state index in [1.165, 1.54) is 12.1 Å². The molecule has 6 heteroatoms. The van der Waals surface area contributed by atoms with E-state index in [2.05, 4.69) is 0 Å². The molecule has 4 nitrogen and oxygen atoms in total. The molecule has 58 valence electrons. The molecule has 0 fully saturated rings. The van der Waals surface area contributed by atoms with Gasteiger partial charge in [-0.1, -0.05) is 6.07 Å². The molecular formula is C6H5N2NaO2S. The van der Waals surface area contributed by atoms with Crippen molar-refractivity contribution in [2.45, 2.75) is 4.90 Å². The number of nitro groups is 1. The molecule has 0 aliphatic rings. The zero-order valence-electron chi connectivity index (χ0n) is 6.48. The van der Waals surface area contributed by atoms with Crippen molar-refractivity contribution >= 4 is 24.0 Å². The number of hydrogen-bond donors (Lipinski definition) is 1. The first kappa shape index (κ1) is 11.6. The molecule has 12 heavy (non-hydrogen) atoms. The standard InChI is InChI=1S/C6H6N2O2S.Na/c7-5-2-1-4(11)3-6(5)8(9)10;/h1-3,11H,7H2;/q;+1/p-1. The Hall–Kier alpha value is -0.360. The zero-order chi connectivity index (χ0) is 8.43. The summed E-state index contributed by atoms with van der Waals surface area (Å²) in [5, 5.41) is 10.3. The second-order valence-electron chi connectivity index (χ2n) is 1.98. The van der Waals surface area contributed by atoms with E-state index >= 15 is 0 Å². The van der Waals surface area contributed by atoms with E-state index in [4.69, 9.17) is 18.4 Å². The molecule has 0 aromatic heterocycles. The Morgan fingerprint density at radius 1 is 1.50 bits per heavy atom. The molecule has 2 N–H and O–H groups in total. The summed E-state index contributed by atoms with van der Waals surface area (Å²) in [6.45, 7) is 0. The predicted octanol–water partition coefficient (Wildman–Crippen LogP) is -1.91. The van der Waals surface area contributed by atoms with Gasteiger partial charge in [-0.15, -0.1) is 0 Å². The number of nitrogen functional groups attached to an aromatic ring is 1. The Bertz CT molecular complexity index is 306. The fourth-order valence-corrected chi connectivity index (χ4v) is 0.861. The Morgan fingerprint density at radius 3 is 2.50 bits per heavy atom. The first-order chi connectivity index (χ1) is 5.11. The van der Waals surface area contributed by atoms with Gasteiger partial charge in [-0.25, -0.2) is 0 Å². The van der Waals surface area contributed by atoms with Crippen LogP contribution in [0.25, 0.3) is 0 Å². The van der Waals surface area contributed by atoms with Gasteiger partial charge in [0.25, 0.3) is 5.69 Å². The maximum atomic E-state index is 10.3. The van der Waals surface area contributed by atoms with Gasteiger partial charge in [0, 0.05) is 0 Å². The molecule has 0 saturated heterocycles. The number of anilines is 1. The Labute approximate surface area is 97.0 Å². The molecule has 1 rings (SSSR count). The van der Waals surface area contributed by atoms with Gasteiger partial charge in [0.05, 0.1) is 4.92 Å². The third-order valence-electron chi connectivity index (χ3n) is 1.20. The average Bonchev–Trinajstić information content (AvgIpc) is 1.94. The maximum Gasteiger partial charge on any atom is 1.00 e. The van der Waals surface area contributed by atoms with E-state index in [1.807, 2.05) is 0 Å². The van der Waals surface area contributed by atoms with Crippen molar-refractivity contribution in [3.05, 3.63) is 28.3 Å². The van der Waals surface area contributed by atoms with E-state index in [0.29, 0.717) is 4.90 Å². The molecule has 1 aromatic carbocycles. The normalized spacial score (nSPS) is 8.67. The first-order valence-corrected chi connectivity index (χ1v) is 3.23. The second-order valence-corrected chi connectivity index (χ2v) is 2.45. The number of hydrogen-bond acceptors (Lipinski definition) is 4. The minimum absolute atomic E-state index is 0. The Kier molecular flexibility index (Phi) is 4.47. The van der Waals surface area contributed by atoms with Crippen LogP contribution in [0.5, 0.6) is 0 Å². The summed E-state index contributed by atoms with van der Waals surface area (Å²) < 4.78 is 0. The maximum absolute atomic E-state index is 10.3. The fourth-order valence-electron chi connectivity index (χ4n) is 0.682. The van der Waals surface area contributed by atoms with E-state index in [-0.39, 0.29) is 40.9 Å². The van der Waals surface area contributed by atoms with E-state index in [9.17, 15) is 10.1 Å². The molecule has 0 aliphatic carbocycles. The smallest absolute Gasteiger partial charge is 0.779 e. The van der Waals surface area contributed by atoms with Gasteiger partial charge in [-0.3, -0.25) is 10.1 Å². The largest absolute Gasteiger partial charge is 1.00 e. The summed E-state index contributed by atoms with van der Waals surface area (Å²) >= 11 is 4.72. The van der Waals surface area contributed by atoms with Crippen molar-refractivity contribution in [3.63, 3.8) is 0 Å². The summed E-state index contributed by atoms with van der Waals surface area (Å²) in [6, 6.07) is 4.25. The van der Waals surface area contributed by atoms with Crippen molar-refractivity contribution in [2.75, 3.05) is 5.73 Å². The van der Waals surface area contributed by atoms with Gasteiger partial charge < -0.3 is 18.4 Å². The van der Waals surface area contributed by atoms with Crippen molar-refractivity contribution in [1.29, 1.82) is 0 Å². The third kappa shape index (κ3) is 2.60. The van der Waals surface area contributed by atoms with Crippen LogP contribution in [-0.2, 0) is 12.6 Å². The van der Waals surface area contributed by atoms with Crippen LogP contribution in [0.4, 0.5) is 11.4 Å². The molecule has 0 heterocycles. The summed E-state index contributed by atoms with van der Waals surface area (Å²) in [4.78, 5) is 10.1. The predicted molar refractivity (Wildman–Crippen MR) is 43.1 cm³/mol. The van der Waals surface area contributed by atoms with Gasteiger partial charge >= 0.3 is 29.6 Å². The SMILES string of the molecule is Nc1ccc([S-])cc1[N+](=O)[O-].[Na+]. The van der Waals surface area contributed by atoms with Crippen molar-refractivity contribution in [1.82, 2.24) is 0 Å². The molecular weight excluding hydrogens is 187 g/mol. The van der Waals surface area contributed by atoms with Crippen LogP contribution in [0.1, 0.15) is 0 Å². The molecule has 1 aromatic rings. The molecule has 0 radical (unpaired) electrons. The molecule has 0 unspecified atom stereocenters. The van der Waals surface area contributed by atoms with Gasteiger partial charge in [-0.05, 0) is 12.1 Å². The summed E-state index contributed by atoms with van der Waals surface area (Å²) in [5.41, 5.74) is 5.32. The molecule has 0 bridgehead atoms. The molecule has 0 saturated carbocycles. The summed E-state index contributed by atoms with van der Waals surface area (Å²) in [5.74, 6) is 0. The molecule has 0 aliphatic heterocycles. The van der Waals surface area contributed by atoms with Gasteiger partial charge in [0.15, 0.2) is 0 Å². The Morgan fingerprint density at radius 2 is 2.08 bits per heavy atom. The molecule has 0 atom stereocenters. The summed E-state index contributed by atoms with van der Waals surface area (Å²) in [7, 11) is 0. The minimum atomic E-state index is -0.550. The van der Waals surface area contributed by atoms with Crippen LogP contribution in [0.2, 0.25) is 0 Å². The summed E-state index contributed by atoms with van der Waals surface area (Å²) in [6.07, 6.45) is 0. The van der Waals surface area contributed by atoms with E-state index in [1.54, 1.807) is 6.07 Å². The number of nitro benzene ring substituents is 1. The third-order valence-corrected chi connectivity index (χ3v) is 1.45. The fraction of sp³-hybridized carbons (Fsp3) is 0. The zero-order valence-corrected chi connectivity index (χ0v) is 9.30. The second kappa shape index (κ2) is 4.61. The Balaban J connectivity index is 0.00000121. The van der Waals surface area contributed by atoms with E-state index < -0.39 is 4.92 Å². The van der Waals surface area contributed by atoms with Crippen LogP contribution >= 0.6 is 0 Å². The van der Waals surface area contributed by atoms with Crippen LogP contribution < -0.4 is 35.3 Å². The van der Waals surface area contributed by atoms with Crippen LogP contribution in [-0.4, -0.2) is 4.92 Å². The average molecular weight is 192 g/mol. The van der Waals surface area contributed by atoms with Crippen LogP contribution in [0.15, 0.2) is 23.1 Å². The van der Waals surface area contributed by atoms with Gasteiger partial charge in [-0.2, -0.15) is 4.90 Å². The molecule has 0 amide bonds. The van der Waals surface area contributed by atoms with Crippen molar-refractivity contribution in [2.24, 2.45) is 0 Å². The van der Waals surface area contributed by atoms with Crippen molar-refractivity contribution < 1.29 is 34.5 Å². The first-order valence-electron chi connectivity index (χ1n) is 2.82. The van der Waals surface area contributed by atoms with Crippen molar-refractivity contribution in [3.8, 4) is 0 Å². The van der Waals surface area contributed by atoms with Gasteiger partial charge in [0.1, 0.15) is 5.69 Å². The number of rotatable bonds is 1. The van der Waals surface area contributed by atoms with E-state index in [0.717, 1.165) is 0 Å². The van der Waals surface area contributed by atoms with Crippen LogP contribution in [0, 0.1) is 10.1 Å². The number of nitrogens with two attached hydrogens (primary N) is 1. The quantitative estimate of drug-likeness (QED) is 0.185. The monoisotopic (exact) mass is 192 g/mol. The molecule has 0 spiro atoms. The number of nitrogens with zero attached hydrogens (tertiary/aromatic N) is 1. The topological polar surface area (TPSA) is 69.2 Å². The van der Waals surface area contributed by atoms with Gasteiger partial charge in [0.2, 0.25) is 0 Å².